The van der Waals surface area contributed by atoms with E-state index in [0.29, 0.717) is 6.42 Å². The number of unbranched alkanes of at least 4 members (excludes halogenated alkanes) is 2. The van der Waals surface area contributed by atoms with E-state index in [1.165, 1.54) is 0 Å². The molecule has 2 heteroatoms. The lowest BCUT2D eigenvalue weighted by Crippen LogP contribution is -1.94. The highest BCUT2D eigenvalue weighted by atomic mass is 16.1. The summed E-state index contributed by atoms with van der Waals surface area (Å²) in [6, 6.07) is 2.24. The second-order valence-electron chi connectivity index (χ2n) is 2.69. The fraction of sp³-hybridized carbons (Fsp3) is 0.778. The molecule has 2 nitrogen and oxygen atoms in total. The zero-order chi connectivity index (χ0) is 8.53. The van der Waals surface area contributed by atoms with Crippen molar-refractivity contribution in [2.45, 2.75) is 39.0 Å². The summed E-state index contributed by atoms with van der Waals surface area (Å²) < 4.78 is 0. The lowest BCUT2D eigenvalue weighted by molar-refractivity contribution is -0.107. The molecule has 0 aromatic carbocycles. The summed E-state index contributed by atoms with van der Waals surface area (Å²) in [5.41, 5.74) is 0. The Morgan fingerprint density at radius 3 is 2.73 bits per heavy atom. The molecule has 0 spiro atoms. The summed E-state index contributed by atoms with van der Waals surface area (Å²) in [7, 11) is 0. The van der Waals surface area contributed by atoms with E-state index in [2.05, 4.69) is 6.07 Å². The van der Waals surface area contributed by atoms with Gasteiger partial charge in [-0.25, -0.2) is 0 Å². The highest BCUT2D eigenvalue weighted by Crippen LogP contribution is 2.11. The molecule has 0 N–H and O–H groups in total. The third-order valence-electron chi connectivity index (χ3n) is 1.80. The van der Waals surface area contributed by atoms with Gasteiger partial charge in [-0.05, 0) is 19.3 Å². The van der Waals surface area contributed by atoms with Crippen molar-refractivity contribution < 1.29 is 4.79 Å². The fourth-order valence-electron chi connectivity index (χ4n) is 0.978. The van der Waals surface area contributed by atoms with Gasteiger partial charge >= 0.3 is 0 Å². The van der Waals surface area contributed by atoms with Gasteiger partial charge in [0.2, 0.25) is 0 Å². The first-order chi connectivity index (χ1) is 5.35. The van der Waals surface area contributed by atoms with Crippen molar-refractivity contribution in [1.29, 1.82) is 5.26 Å². The minimum absolute atomic E-state index is 0.196. The van der Waals surface area contributed by atoms with E-state index in [1.54, 1.807) is 0 Å². The smallest absolute Gasteiger partial charge is 0.119 e. The normalized spacial score (nSPS) is 12.0. The van der Waals surface area contributed by atoms with E-state index >= 15 is 0 Å². The number of hydrogen-bond donors (Lipinski definition) is 0. The van der Waals surface area contributed by atoms with Crippen LogP contribution in [0.5, 0.6) is 0 Å². The maximum absolute atomic E-state index is 9.92. The van der Waals surface area contributed by atoms with E-state index < -0.39 is 0 Å². The van der Waals surface area contributed by atoms with Crippen LogP contribution >= 0.6 is 0 Å². The second-order valence-corrected chi connectivity index (χ2v) is 2.69. The van der Waals surface area contributed by atoms with Gasteiger partial charge in [0.1, 0.15) is 6.29 Å². The molecule has 0 saturated heterocycles. The van der Waals surface area contributed by atoms with Crippen LogP contribution in [0, 0.1) is 17.2 Å². The van der Waals surface area contributed by atoms with Gasteiger partial charge in [0, 0.05) is 12.3 Å². The molecule has 0 aliphatic heterocycles. The van der Waals surface area contributed by atoms with Gasteiger partial charge in [0.15, 0.2) is 0 Å². The molecule has 0 saturated carbocycles. The number of aldehydes is 1. The van der Waals surface area contributed by atoms with Crippen LogP contribution in [0.2, 0.25) is 0 Å². The van der Waals surface area contributed by atoms with E-state index in [1.807, 2.05) is 6.92 Å². The highest BCUT2D eigenvalue weighted by Gasteiger charge is 2.02. The number of hydrogen-bond acceptors (Lipinski definition) is 2. The molecular weight excluding hydrogens is 138 g/mol. The van der Waals surface area contributed by atoms with Crippen LogP contribution in [0.25, 0.3) is 0 Å². The molecule has 0 aliphatic rings. The molecule has 0 radical (unpaired) electrons. The van der Waals surface area contributed by atoms with Gasteiger partial charge in [0.05, 0.1) is 6.07 Å². The van der Waals surface area contributed by atoms with Crippen molar-refractivity contribution in [1.82, 2.24) is 0 Å². The van der Waals surface area contributed by atoms with Gasteiger partial charge in [0.25, 0.3) is 0 Å². The summed E-state index contributed by atoms with van der Waals surface area (Å²) in [5.74, 6) is 0.196. The van der Waals surface area contributed by atoms with Gasteiger partial charge < -0.3 is 4.79 Å². The van der Waals surface area contributed by atoms with E-state index in [0.717, 1.165) is 32.0 Å². The van der Waals surface area contributed by atoms with Crippen LogP contribution < -0.4 is 0 Å². The summed E-state index contributed by atoms with van der Waals surface area (Å²) in [4.78, 5) is 9.92. The van der Waals surface area contributed by atoms with Crippen LogP contribution in [0.15, 0.2) is 0 Å². The predicted molar refractivity (Wildman–Crippen MR) is 43.9 cm³/mol. The molecule has 0 fully saturated rings. The highest BCUT2D eigenvalue weighted by molar-refractivity contribution is 5.48. The molecule has 1 unspecified atom stereocenters. The van der Waals surface area contributed by atoms with Crippen LogP contribution in [0.1, 0.15) is 39.0 Å². The number of carbonyl (C=O) groups excluding carboxylic acids is 1. The molecule has 1 atom stereocenters. The lowest BCUT2D eigenvalue weighted by atomic mass is 10.0. The van der Waals surface area contributed by atoms with E-state index in [-0.39, 0.29) is 5.92 Å². The summed E-state index contributed by atoms with van der Waals surface area (Å²) in [5, 5.41) is 8.56. The average Bonchev–Trinajstić information content (AvgIpc) is 2.05. The zero-order valence-corrected chi connectivity index (χ0v) is 7.05. The number of nitriles is 1. The van der Waals surface area contributed by atoms with Crippen molar-refractivity contribution in [2.75, 3.05) is 0 Å². The Morgan fingerprint density at radius 2 is 2.27 bits per heavy atom. The maximum Gasteiger partial charge on any atom is 0.119 e. The van der Waals surface area contributed by atoms with E-state index in [9.17, 15) is 4.79 Å². The Morgan fingerprint density at radius 1 is 1.55 bits per heavy atom. The van der Waals surface area contributed by atoms with Crippen molar-refractivity contribution in [3.05, 3.63) is 0 Å². The second kappa shape index (κ2) is 7.27. The standard InChI is InChI=1S/C9H15NO/c1-2-9(8-10)6-4-3-5-7-11/h7,9H,2-6H2,1H3. The van der Waals surface area contributed by atoms with Gasteiger partial charge in [-0.1, -0.05) is 13.3 Å². The molecule has 0 aliphatic carbocycles. The molecular formula is C9H15NO. The van der Waals surface area contributed by atoms with Gasteiger partial charge in [-0.15, -0.1) is 0 Å². The van der Waals surface area contributed by atoms with Crippen molar-refractivity contribution in [2.24, 2.45) is 5.92 Å². The molecule has 11 heavy (non-hydrogen) atoms. The first-order valence-corrected chi connectivity index (χ1v) is 4.18. The molecule has 0 bridgehead atoms. The molecule has 0 aromatic heterocycles. The molecule has 62 valence electrons. The fourth-order valence-corrected chi connectivity index (χ4v) is 0.978. The van der Waals surface area contributed by atoms with E-state index in [4.69, 9.17) is 5.26 Å². The Bertz CT molecular complexity index is 137. The first-order valence-electron chi connectivity index (χ1n) is 4.18. The minimum atomic E-state index is 0.196. The summed E-state index contributed by atoms with van der Waals surface area (Å²) in [6.45, 7) is 2.02. The predicted octanol–water partition coefficient (Wildman–Crippen LogP) is 2.30. The topological polar surface area (TPSA) is 40.9 Å². The maximum atomic E-state index is 9.92. The monoisotopic (exact) mass is 153 g/mol. The van der Waals surface area contributed by atoms with Crippen LogP contribution in [0.4, 0.5) is 0 Å². The lowest BCUT2D eigenvalue weighted by Gasteiger charge is -2.02. The third kappa shape index (κ3) is 5.60. The Balaban J connectivity index is 3.23. The zero-order valence-electron chi connectivity index (χ0n) is 7.05. The SMILES string of the molecule is CCC(C#N)CCCCC=O. The third-order valence-corrected chi connectivity index (χ3v) is 1.80. The van der Waals surface area contributed by atoms with Crippen molar-refractivity contribution in [3.8, 4) is 6.07 Å². The van der Waals surface area contributed by atoms with Crippen molar-refractivity contribution in [3.63, 3.8) is 0 Å². The van der Waals surface area contributed by atoms with Crippen LogP contribution in [-0.4, -0.2) is 6.29 Å². The average molecular weight is 153 g/mol. The Hall–Kier alpha value is -0.840. The van der Waals surface area contributed by atoms with Gasteiger partial charge in [-0.2, -0.15) is 5.26 Å². The molecule has 0 rings (SSSR count). The molecule has 0 amide bonds. The Kier molecular flexibility index (Phi) is 6.71. The number of carbonyl (C=O) groups is 1. The summed E-state index contributed by atoms with van der Waals surface area (Å²) in [6.07, 6.45) is 5.39. The molecule has 0 aromatic rings. The van der Waals surface area contributed by atoms with Crippen LogP contribution in [0.3, 0.4) is 0 Å². The number of nitrogens with zero attached hydrogens (tertiary/aromatic N) is 1. The minimum Gasteiger partial charge on any atom is -0.303 e. The van der Waals surface area contributed by atoms with Gasteiger partial charge in [-0.3, -0.25) is 0 Å². The largest absolute Gasteiger partial charge is 0.303 e. The quantitative estimate of drug-likeness (QED) is 0.434. The summed E-state index contributed by atoms with van der Waals surface area (Å²) >= 11 is 0. The van der Waals surface area contributed by atoms with Crippen molar-refractivity contribution >= 4 is 6.29 Å². The molecule has 0 heterocycles. The first kappa shape index (κ1) is 10.2. The number of rotatable bonds is 6. The van der Waals surface area contributed by atoms with Crippen LogP contribution in [-0.2, 0) is 4.79 Å². The Labute approximate surface area is 68.2 Å².